The van der Waals surface area contributed by atoms with Crippen LogP contribution in [0.3, 0.4) is 0 Å². The van der Waals surface area contributed by atoms with Crippen molar-refractivity contribution in [3.8, 4) is 0 Å². The van der Waals surface area contributed by atoms with Crippen LogP contribution in [-0.4, -0.2) is 29.3 Å². The Morgan fingerprint density at radius 3 is 2.39 bits per heavy atom. The summed E-state index contributed by atoms with van der Waals surface area (Å²) in [6.45, 7) is 0. The summed E-state index contributed by atoms with van der Waals surface area (Å²) < 4.78 is 54.0. The zero-order valence-electron chi connectivity index (χ0n) is 16.3. The molecule has 2 amide bonds. The first-order valence-corrected chi connectivity index (χ1v) is 11.4. The van der Waals surface area contributed by atoms with Crippen molar-refractivity contribution in [3.05, 3.63) is 88.7 Å². The predicted octanol–water partition coefficient (Wildman–Crippen LogP) is 3.49. The van der Waals surface area contributed by atoms with E-state index in [2.05, 4.69) is 5.32 Å². The van der Waals surface area contributed by atoms with Crippen LogP contribution in [0.2, 0.25) is 5.02 Å². The number of nitrogens with zero attached hydrogens (tertiary/aromatic N) is 2. The quantitative estimate of drug-likeness (QED) is 0.332. The van der Waals surface area contributed by atoms with Gasteiger partial charge in [-0.2, -0.15) is 0 Å². The lowest BCUT2D eigenvalue weighted by molar-refractivity contribution is -0.122. The number of hydrogen-bond acceptors (Lipinski definition) is 5. The Morgan fingerprint density at radius 1 is 1.03 bits per heavy atom. The number of carbonyl (C=O) groups excluding carboxylic acids is 2. The standard InChI is InChI=1S/C21H12ClF2N3O4S2/c22-12-3-6-14(7-4-12)27-20(29)16(19(28)25-21(27)32)11-15-2-1-9-26(15)33(30,31)18-8-5-13(23)10-17(18)24/h1-11H,(H,25,28,32). The first-order chi connectivity index (χ1) is 15.6. The number of benzene rings is 2. The van der Waals surface area contributed by atoms with Gasteiger partial charge in [-0.3, -0.25) is 19.8 Å². The molecule has 0 unspecified atom stereocenters. The van der Waals surface area contributed by atoms with Gasteiger partial charge in [-0.15, -0.1) is 0 Å². The van der Waals surface area contributed by atoms with Crippen molar-refractivity contribution < 1.29 is 26.8 Å². The fraction of sp³-hybridized carbons (Fsp3) is 0. The third-order valence-electron chi connectivity index (χ3n) is 4.65. The normalized spacial score (nSPS) is 15.8. The lowest BCUT2D eigenvalue weighted by Gasteiger charge is -2.29. The molecule has 0 spiro atoms. The van der Waals surface area contributed by atoms with E-state index in [4.69, 9.17) is 23.8 Å². The van der Waals surface area contributed by atoms with Gasteiger partial charge in [0.25, 0.3) is 21.8 Å². The molecule has 1 aromatic heterocycles. The molecule has 0 saturated carbocycles. The van der Waals surface area contributed by atoms with Gasteiger partial charge < -0.3 is 0 Å². The van der Waals surface area contributed by atoms with Crippen LogP contribution in [0.4, 0.5) is 14.5 Å². The SMILES string of the molecule is O=C1NC(=S)N(c2ccc(Cl)cc2)C(=O)C1=Cc1cccn1S(=O)(=O)c1ccc(F)cc1F. The van der Waals surface area contributed by atoms with Crippen molar-refractivity contribution in [1.82, 2.24) is 9.29 Å². The fourth-order valence-corrected chi connectivity index (χ4v) is 4.92. The van der Waals surface area contributed by atoms with Gasteiger partial charge in [-0.05, 0) is 66.8 Å². The highest BCUT2D eigenvalue weighted by molar-refractivity contribution is 7.90. The Kier molecular flexibility index (Phi) is 5.87. The van der Waals surface area contributed by atoms with Gasteiger partial charge in [0.1, 0.15) is 22.1 Å². The molecule has 1 N–H and O–H groups in total. The van der Waals surface area contributed by atoms with Crippen LogP contribution < -0.4 is 10.2 Å². The number of rotatable bonds is 4. The second-order valence-electron chi connectivity index (χ2n) is 6.74. The molecule has 168 valence electrons. The molecule has 33 heavy (non-hydrogen) atoms. The van der Waals surface area contributed by atoms with E-state index in [-0.39, 0.29) is 10.8 Å². The molecule has 2 heterocycles. The van der Waals surface area contributed by atoms with E-state index in [1.165, 1.54) is 36.4 Å². The Bertz CT molecular complexity index is 1450. The van der Waals surface area contributed by atoms with Gasteiger partial charge in [-0.25, -0.2) is 21.2 Å². The molecule has 2 aromatic carbocycles. The van der Waals surface area contributed by atoms with Crippen molar-refractivity contribution in [3.63, 3.8) is 0 Å². The minimum absolute atomic E-state index is 0.110. The smallest absolute Gasteiger partial charge is 0.271 e. The fourth-order valence-electron chi connectivity index (χ4n) is 3.13. The third kappa shape index (κ3) is 4.17. The third-order valence-corrected chi connectivity index (χ3v) is 6.93. The summed E-state index contributed by atoms with van der Waals surface area (Å²) in [5.41, 5.74) is -0.189. The second-order valence-corrected chi connectivity index (χ2v) is 9.35. The lowest BCUT2D eigenvalue weighted by atomic mass is 10.1. The van der Waals surface area contributed by atoms with E-state index in [1.54, 1.807) is 0 Å². The summed E-state index contributed by atoms with van der Waals surface area (Å²) >= 11 is 11.0. The molecule has 0 bridgehead atoms. The first kappa shape index (κ1) is 22.8. The topological polar surface area (TPSA) is 88.5 Å². The maximum atomic E-state index is 14.2. The maximum absolute atomic E-state index is 14.2. The average molecular weight is 508 g/mol. The number of aromatic nitrogens is 1. The number of halogens is 3. The van der Waals surface area contributed by atoms with Gasteiger partial charge in [0, 0.05) is 17.3 Å². The average Bonchev–Trinajstić information content (AvgIpc) is 3.21. The van der Waals surface area contributed by atoms with Crippen molar-refractivity contribution >= 4 is 62.5 Å². The summed E-state index contributed by atoms with van der Waals surface area (Å²) in [6, 6.07) is 10.8. The van der Waals surface area contributed by atoms with Gasteiger partial charge in [0.2, 0.25) is 0 Å². The zero-order chi connectivity index (χ0) is 23.9. The van der Waals surface area contributed by atoms with E-state index in [0.717, 1.165) is 29.3 Å². The highest BCUT2D eigenvalue weighted by Crippen LogP contribution is 2.25. The van der Waals surface area contributed by atoms with Gasteiger partial charge in [0.05, 0.1) is 11.4 Å². The maximum Gasteiger partial charge on any atom is 0.271 e. The molecule has 1 aliphatic rings. The second kappa shape index (κ2) is 8.50. The molecule has 1 aliphatic heterocycles. The monoisotopic (exact) mass is 507 g/mol. The Labute approximate surface area is 196 Å². The van der Waals surface area contributed by atoms with E-state index in [9.17, 15) is 26.8 Å². The van der Waals surface area contributed by atoms with E-state index in [0.29, 0.717) is 20.7 Å². The highest BCUT2D eigenvalue weighted by atomic mass is 35.5. The molecule has 4 rings (SSSR count). The summed E-state index contributed by atoms with van der Waals surface area (Å²) in [4.78, 5) is 25.9. The van der Waals surface area contributed by atoms with Crippen LogP contribution in [0.15, 0.2) is 71.3 Å². The van der Waals surface area contributed by atoms with Crippen molar-refractivity contribution in [2.45, 2.75) is 4.90 Å². The van der Waals surface area contributed by atoms with Gasteiger partial charge in [-0.1, -0.05) is 11.6 Å². The number of anilines is 1. The van der Waals surface area contributed by atoms with Crippen molar-refractivity contribution in [2.24, 2.45) is 0 Å². The zero-order valence-corrected chi connectivity index (χ0v) is 18.7. The highest BCUT2D eigenvalue weighted by Gasteiger charge is 2.35. The van der Waals surface area contributed by atoms with Crippen LogP contribution in [0.1, 0.15) is 5.69 Å². The summed E-state index contributed by atoms with van der Waals surface area (Å²) in [5, 5.41) is 2.63. The molecule has 1 saturated heterocycles. The van der Waals surface area contributed by atoms with Gasteiger partial charge in [0.15, 0.2) is 5.11 Å². The number of thiocarbonyl (C=S) groups is 1. The summed E-state index contributed by atoms with van der Waals surface area (Å²) in [7, 11) is -4.51. The number of nitrogens with one attached hydrogen (secondary N) is 1. The summed E-state index contributed by atoms with van der Waals surface area (Å²) in [5.74, 6) is -3.87. The predicted molar refractivity (Wildman–Crippen MR) is 121 cm³/mol. The number of hydrogen-bond donors (Lipinski definition) is 1. The Morgan fingerprint density at radius 2 is 1.73 bits per heavy atom. The van der Waals surface area contributed by atoms with E-state index >= 15 is 0 Å². The molecule has 7 nitrogen and oxygen atoms in total. The molecular formula is C21H12ClF2N3O4S2. The van der Waals surface area contributed by atoms with Crippen LogP contribution >= 0.6 is 23.8 Å². The van der Waals surface area contributed by atoms with E-state index in [1.807, 2.05) is 0 Å². The van der Waals surface area contributed by atoms with Gasteiger partial charge >= 0.3 is 0 Å². The lowest BCUT2D eigenvalue weighted by Crippen LogP contribution is -2.54. The van der Waals surface area contributed by atoms with Crippen LogP contribution in [-0.2, 0) is 19.6 Å². The Balaban J connectivity index is 1.77. The van der Waals surface area contributed by atoms with Crippen molar-refractivity contribution in [1.29, 1.82) is 0 Å². The van der Waals surface area contributed by atoms with Crippen LogP contribution in [0, 0.1) is 11.6 Å². The summed E-state index contributed by atoms with van der Waals surface area (Å²) in [6.07, 6.45) is 2.15. The molecule has 1 fully saturated rings. The molecule has 0 atom stereocenters. The number of amides is 2. The minimum atomic E-state index is -4.51. The number of carbonyl (C=O) groups is 2. The molecular weight excluding hydrogens is 496 g/mol. The largest absolute Gasteiger partial charge is 0.298 e. The first-order valence-electron chi connectivity index (χ1n) is 9.14. The molecule has 12 heteroatoms. The van der Waals surface area contributed by atoms with Crippen LogP contribution in [0.5, 0.6) is 0 Å². The molecule has 0 radical (unpaired) electrons. The Hall–Kier alpha value is -3.41. The minimum Gasteiger partial charge on any atom is -0.298 e. The van der Waals surface area contributed by atoms with Crippen LogP contribution in [0.25, 0.3) is 6.08 Å². The molecule has 3 aromatic rings. The molecule has 0 aliphatic carbocycles. The van der Waals surface area contributed by atoms with E-state index < -0.39 is 43.9 Å². The van der Waals surface area contributed by atoms with Crippen molar-refractivity contribution in [2.75, 3.05) is 4.90 Å².